The van der Waals surface area contributed by atoms with Gasteiger partial charge in [-0.3, -0.25) is 43.2 Å². The maximum absolute atomic E-state index is 14.2. The molecule has 1 aromatic rings. The first-order chi connectivity index (χ1) is 31.5. The van der Waals surface area contributed by atoms with Crippen LogP contribution in [0, 0.1) is 5.92 Å². The van der Waals surface area contributed by atoms with E-state index in [-0.39, 0.29) is 51.0 Å². The predicted molar refractivity (Wildman–Crippen MR) is 240 cm³/mol. The van der Waals surface area contributed by atoms with Crippen molar-refractivity contribution >= 4 is 59.1 Å². The molecular formula is C43H69N11O13. The van der Waals surface area contributed by atoms with E-state index in [0.717, 1.165) is 0 Å². The zero-order chi connectivity index (χ0) is 50.4. The van der Waals surface area contributed by atoms with Crippen molar-refractivity contribution in [1.82, 2.24) is 42.1 Å². The Hall–Kier alpha value is -6.24. The Morgan fingerprint density at radius 1 is 0.716 bits per heavy atom. The third-order valence-corrected chi connectivity index (χ3v) is 10.7. The number of benzene rings is 1. The molecular weight excluding hydrogens is 879 g/mol. The second kappa shape index (κ2) is 28.7. The molecule has 16 N–H and O–H groups in total. The summed E-state index contributed by atoms with van der Waals surface area (Å²) in [5, 5.41) is 47.5. The number of hydrogen-bond acceptors (Lipinski definition) is 14. The van der Waals surface area contributed by atoms with Crippen LogP contribution in [0.25, 0.3) is 0 Å². The monoisotopic (exact) mass is 948 g/mol. The number of carboxylic acids is 1. The molecule has 1 aliphatic rings. The lowest BCUT2D eigenvalue weighted by molar-refractivity contribution is -0.143. The van der Waals surface area contributed by atoms with Crippen molar-refractivity contribution in [1.29, 1.82) is 0 Å². The smallest absolute Gasteiger partial charge is 0.326 e. The lowest BCUT2D eigenvalue weighted by atomic mass is 10.0. The fourth-order valence-corrected chi connectivity index (χ4v) is 7.08. The van der Waals surface area contributed by atoms with Crippen molar-refractivity contribution in [2.45, 2.75) is 140 Å². The number of rotatable bonds is 29. The van der Waals surface area contributed by atoms with Crippen molar-refractivity contribution in [3.63, 3.8) is 0 Å². The lowest BCUT2D eigenvalue weighted by Crippen LogP contribution is -2.62. The predicted octanol–water partition coefficient (Wildman–Crippen LogP) is -4.51. The van der Waals surface area contributed by atoms with Crippen LogP contribution in [0.4, 0.5) is 0 Å². The number of amides is 9. The van der Waals surface area contributed by atoms with Crippen LogP contribution >= 0.6 is 0 Å². The SMILES string of the molecule is CC(C)C[C@H](NC(=O)[C@@H](NC(=O)[C@@H](NC(=O)CNC(=O)[C@@H](N)CCC(N)=O)[C@@H](C)O)[C@@H](C)O)C(=O)N1CCC[C@H]1C(=O)N[C@@H](CCCCN)C(=O)NCC(=O)N[C@@H](Cc1ccccc1)C(=O)O. The molecule has 24 heteroatoms. The van der Waals surface area contributed by atoms with Crippen molar-refractivity contribution in [3.8, 4) is 0 Å². The number of nitrogens with one attached hydrogen (secondary N) is 7. The second-order valence-corrected chi connectivity index (χ2v) is 16.9. The van der Waals surface area contributed by atoms with Gasteiger partial charge in [-0.1, -0.05) is 44.2 Å². The van der Waals surface area contributed by atoms with Gasteiger partial charge in [0.25, 0.3) is 0 Å². The van der Waals surface area contributed by atoms with Gasteiger partial charge in [0.15, 0.2) is 0 Å². The van der Waals surface area contributed by atoms with Crippen molar-refractivity contribution < 1.29 is 63.3 Å². The minimum absolute atomic E-state index is 0.000332. The molecule has 0 aromatic heterocycles. The minimum Gasteiger partial charge on any atom is -0.480 e. The number of primary amides is 1. The van der Waals surface area contributed by atoms with Gasteiger partial charge in [-0.15, -0.1) is 0 Å². The van der Waals surface area contributed by atoms with Crippen LogP contribution in [0.1, 0.15) is 84.6 Å². The van der Waals surface area contributed by atoms with Crippen LogP contribution in [-0.2, 0) is 54.4 Å². The largest absolute Gasteiger partial charge is 0.480 e. The molecule has 0 spiro atoms. The number of carbonyl (C=O) groups is 10. The van der Waals surface area contributed by atoms with E-state index in [9.17, 15) is 63.3 Å². The van der Waals surface area contributed by atoms with Crippen molar-refractivity contribution in [2.24, 2.45) is 23.1 Å². The molecule has 1 saturated heterocycles. The Balaban J connectivity index is 2.15. The van der Waals surface area contributed by atoms with E-state index in [0.29, 0.717) is 31.4 Å². The quantitative estimate of drug-likeness (QED) is 0.0337. The molecule has 0 saturated carbocycles. The Morgan fingerprint density at radius 2 is 1.30 bits per heavy atom. The first-order valence-electron chi connectivity index (χ1n) is 22.3. The molecule has 2 rings (SSSR count). The second-order valence-electron chi connectivity index (χ2n) is 16.9. The first-order valence-corrected chi connectivity index (χ1v) is 22.3. The summed E-state index contributed by atoms with van der Waals surface area (Å²) in [6, 6.07) is -0.731. The van der Waals surface area contributed by atoms with Crippen LogP contribution < -0.4 is 54.4 Å². The topological polar surface area (TPSA) is 397 Å². The highest BCUT2D eigenvalue weighted by atomic mass is 16.4. The van der Waals surface area contributed by atoms with E-state index in [2.05, 4.69) is 37.2 Å². The average Bonchev–Trinajstić information content (AvgIpc) is 3.76. The van der Waals surface area contributed by atoms with E-state index in [1.807, 2.05) is 0 Å². The van der Waals surface area contributed by atoms with Gasteiger partial charge in [-0.2, -0.15) is 0 Å². The molecule has 0 aliphatic carbocycles. The number of nitrogens with two attached hydrogens (primary N) is 3. The Kier molecular flexibility index (Phi) is 24.4. The van der Waals surface area contributed by atoms with Crippen LogP contribution in [0.15, 0.2) is 30.3 Å². The molecule has 374 valence electrons. The number of nitrogens with zero attached hydrogens (tertiary/aromatic N) is 1. The number of unbranched alkanes of at least 4 members (excludes halogenated alkanes) is 1. The van der Waals surface area contributed by atoms with E-state index in [1.165, 1.54) is 18.7 Å². The highest BCUT2D eigenvalue weighted by Gasteiger charge is 2.40. The molecule has 0 bridgehead atoms. The third kappa shape index (κ3) is 20.0. The van der Waals surface area contributed by atoms with Gasteiger partial charge < -0.3 is 74.6 Å². The Bertz CT molecular complexity index is 1870. The van der Waals surface area contributed by atoms with Crippen molar-refractivity contribution in [2.75, 3.05) is 26.2 Å². The summed E-state index contributed by atoms with van der Waals surface area (Å²) >= 11 is 0. The van der Waals surface area contributed by atoms with Gasteiger partial charge >= 0.3 is 5.97 Å². The van der Waals surface area contributed by atoms with E-state index in [4.69, 9.17) is 17.2 Å². The van der Waals surface area contributed by atoms with Crippen LogP contribution in [0.2, 0.25) is 0 Å². The Labute approximate surface area is 389 Å². The zero-order valence-electron chi connectivity index (χ0n) is 38.5. The first kappa shape index (κ1) is 56.9. The lowest BCUT2D eigenvalue weighted by Gasteiger charge is -2.32. The number of aliphatic carboxylic acids is 1. The standard InChI is InChI=1S/C43H69N11O13/c1-23(2)19-29(51-40(63)36(25(4)56)53-41(64)35(24(3)55)52-34(59)22-47-37(60)27(45)15-16-32(46)57)42(65)54-18-10-14-31(54)39(62)50-28(13-8-9-17-44)38(61)48-21-33(58)49-30(43(66)67)20-26-11-6-5-7-12-26/h5-7,11-12,23-25,27-31,35-36,55-56H,8-10,13-22,44-45H2,1-4H3,(H2,46,57)(H,47,60)(H,48,61)(H,49,58)(H,50,62)(H,51,63)(H,52,59)(H,53,64)(H,66,67)/t24-,25-,27+,28+,29+,30+,31+,35+,36+/m1/s1. The summed E-state index contributed by atoms with van der Waals surface area (Å²) in [5.41, 5.74) is 17.1. The summed E-state index contributed by atoms with van der Waals surface area (Å²) in [6.07, 6.45) is -1.71. The number of aliphatic hydroxyl groups excluding tert-OH is 2. The molecule has 1 aromatic carbocycles. The molecule has 0 radical (unpaired) electrons. The van der Waals surface area contributed by atoms with E-state index >= 15 is 0 Å². The van der Waals surface area contributed by atoms with Gasteiger partial charge in [0.2, 0.25) is 53.2 Å². The van der Waals surface area contributed by atoms with Gasteiger partial charge in [0.05, 0.1) is 31.3 Å². The van der Waals surface area contributed by atoms with Crippen molar-refractivity contribution in [3.05, 3.63) is 35.9 Å². The molecule has 1 aliphatic heterocycles. The Morgan fingerprint density at radius 3 is 1.87 bits per heavy atom. The number of hydrogen-bond donors (Lipinski definition) is 13. The molecule has 9 atom stereocenters. The highest BCUT2D eigenvalue weighted by Crippen LogP contribution is 2.21. The molecule has 0 unspecified atom stereocenters. The fraction of sp³-hybridized carbons (Fsp3) is 0.628. The van der Waals surface area contributed by atoms with Gasteiger partial charge in [0, 0.05) is 19.4 Å². The number of aliphatic hydroxyl groups is 2. The normalized spacial score (nSPS) is 17.0. The summed E-state index contributed by atoms with van der Waals surface area (Å²) in [6.45, 7) is 5.03. The number of carbonyl (C=O) groups excluding carboxylic acids is 9. The number of likely N-dealkylation sites (tertiary alicyclic amines) is 1. The maximum atomic E-state index is 14.2. The van der Waals surface area contributed by atoms with Gasteiger partial charge in [-0.25, -0.2) is 4.79 Å². The number of carboxylic acid groups (broad SMARTS) is 1. The summed E-state index contributed by atoms with van der Waals surface area (Å²) in [5.74, 6) is -8.84. The van der Waals surface area contributed by atoms with Crippen LogP contribution in [0.5, 0.6) is 0 Å². The minimum atomic E-state index is -1.72. The fourth-order valence-electron chi connectivity index (χ4n) is 7.08. The molecule has 24 nitrogen and oxygen atoms in total. The van der Waals surface area contributed by atoms with Crippen LogP contribution in [-0.4, -0.2) is 160 Å². The summed E-state index contributed by atoms with van der Waals surface area (Å²) in [7, 11) is 0. The summed E-state index contributed by atoms with van der Waals surface area (Å²) in [4.78, 5) is 130. The summed E-state index contributed by atoms with van der Waals surface area (Å²) < 4.78 is 0. The van der Waals surface area contributed by atoms with E-state index in [1.54, 1.807) is 44.2 Å². The highest BCUT2D eigenvalue weighted by molar-refractivity contribution is 5.98. The molecule has 1 heterocycles. The average molecular weight is 948 g/mol. The molecule has 9 amide bonds. The van der Waals surface area contributed by atoms with Gasteiger partial charge in [0.1, 0.15) is 36.3 Å². The molecule has 1 fully saturated rings. The zero-order valence-corrected chi connectivity index (χ0v) is 38.5. The molecule has 67 heavy (non-hydrogen) atoms. The van der Waals surface area contributed by atoms with Crippen LogP contribution in [0.3, 0.4) is 0 Å². The third-order valence-electron chi connectivity index (χ3n) is 10.7. The maximum Gasteiger partial charge on any atom is 0.326 e. The van der Waals surface area contributed by atoms with E-state index < -0.39 is 127 Å². The van der Waals surface area contributed by atoms with Gasteiger partial charge in [-0.05, 0) is 76.8 Å².